The van der Waals surface area contributed by atoms with Crippen molar-refractivity contribution in [2.75, 3.05) is 68.1 Å². The molecule has 174 valence electrons. The third-order valence-corrected chi connectivity index (χ3v) is 5.50. The number of rotatable bonds is 4. The van der Waals surface area contributed by atoms with Crippen molar-refractivity contribution in [1.29, 1.82) is 0 Å². The molecule has 3 heterocycles. The van der Waals surface area contributed by atoms with Crippen molar-refractivity contribution >= 4 is 0 Å². The van der Waals surface area contributed by atoms with Crippen molar-refractivity contribution in [2.45, 2.75) is 75.8 Å². The van der Waals surface area contributed by atoms with Gasteiger partial charge in [-0.05, 0) is 32.1 Å². The van der Waals surface area contributed by atoms with E-state index in [2.05, 4.69) is 0 Å². The Bertz CT molecular complexity index is 313. The van der Waals surface area contributed by atoms with Crippen LogP contribution in [0.1, 0.15) is 51.4 Å². The summed E-state index contributed by atoms with van der Waals surface area (Å²) in [6.07, 6.45) is 11.8. The lowest BCUT2D eigenvalue weighted by Crippen LogP contribution is -2.34. The van der Waals surface area contributed by atoms with Crippen molar-refractivity contribution in [3.8, 4) is 0 Å². The van der Waals surface area contributed by atoms with Gasteiger partial charge in [0, 0.05) is 41.7 Å². The summed E-state index contributed by atoms with van der Waals surface area (Å²) in [5.74, 6) is 0. The highest BCUT2D eigenvalue weighted by Gasteiger charge is 2.16. The van der Waals surface area contributed by atoms with Crippen LogP contribution in [0.5, 0.6) is 0 Å². The monoisotopic (exact) mass is 420 g/mol. The second-order valence-electron chi connectivity index (χ2n) is 7.69. The summed E-state index contributed by atoms with van der Waals surface area (Å²) in [4.78, 5) is 0. The van der Waals surface area contributed by atoms with Crippen LogP contribution in [0, 0.1) is 0 Å². The third kappa shape index (κ3) is 13.6. The fourth-order valence-electron chi connectivity index (χ4n) is 3.25. The maximum atomic E-state index is 5.19. The fraction of sp³-hybridized carbons (Fsp3) is 1.00. The largest absolute Gasteiger partial charge is 0.381 e. The molecule has 7 heteroatoms. The number of ether oxygens (including phenoxy) is 7. The molecule has 4 rings (SSSR count). The Morgan fingerprint density at radius 3 is 1.21 bits per heavy atom. The quantitative estimate of drug-likeness (QED) is 0.692. The molecule has 1 aliphatic carbocycles. The second-order valence-corrected chi connectivity index (χ2v) is 7.69. The van der Waals surface area contributed by atoms with E-state index in [4.69, 9.17) is 33.2 Å². The molecule has 0 aromatic heterocycles. The summed E-state index contributed by atoms with van der Waals surface area (Å²) in [5, 5.41) is 0. The molecule has 3 aliphatic heterocycles. The van der Waals surface area contributed by atoms with E-state index >= 15 is 0 Å². The molecule has 0 spiro atoms. The van der Waals surface area contributed by atoms with Gasteiger partial charge < -0.3 is 33.2 Å². The van der Waals surface area contributed by atoms with Crippen LogP contribution in [0.15, 0.2) is 0 Å². The topological polar surface area (TPSA) is 64.6 Å². The summed E-state index contributed by atoms with van der Waals surface area (Å²) < 4.78 is 35.1. The molecule has 0 radical (unpaired) electrons. The van der Waals surface area contributed by atoms with Gasteiger partial charge >= 0.3 is 0 Å². The first-order valence-corrected chi connectivity index (χ1v) is 11.1. The summed E-state index contributed by atoms with van der Waals surface area (Å²) in [7, 11) is 6.97. The maximum absolute atomic E-state index is 5.19. The van der Waals surface area contributed by atoms with Crippen LogP contribution < -0.4 is 0 Å². The molecule has 4 fully saturated rings. The normalized spacial score (nSPS) is 27.3. The van der Waals surface area contributed by atoms with Gasteiger partial charge in [-0.25, -0.2) is 0 Å². The van der Waals surface area contributed by atoms with E-state index in [1.54, 1.807) is 21.3 Å². The summed E-state index contributed by atoms with van der Waals surface area (Å²) in [6, 6.07) is 0. The molecule has 0 N–H and O–H groups in total. The Kier molecular flexibility index (Phi) is 17.1. The minimum atomic E-state index is 0.365. The van der Waals surface area contributed by atoms with E-state index in [0.717, 1.165) is 58.9 Å². The number of hydrogen-bond donors (Lipinski definition) is 0. The highest BCUT2D eigenvalue weighted by molar-refractivity contribution is 4.64. The predicted molar refractivity (Wildman–Crippen MR) is 113 cm³/mol. The van der Waals surface area contributed by atoms with Gasteiger partial charge in [-0.1, -0.05) is 19.3 Å². The average molecular weight is 421 g/mol. The van der Waals surface area contributed by atoms with Gasteiger partial charge in [-0.15, -0.1) is 0 Å². The van der Waals surface area contributed by atoms with E-state index in [1.165, 1.54) is 32.1 Å². The molecule has 0 amide bonds. The summed E-state index contributed by atoms with van der Waals surface area (Å²) in [5.41, 5.74) is 0. The van der Waals surface area contributed by atoms with Gasteiger partial charge in [0.2, 0.25) is 0 Å². The first-order valence-electron chi connectivity index (χ1n) is 11.1. The Labute approximate surface area is 177 Å². The van der Waals surface area contributed by atoms with E-state index < -0.39 is 0 Å². The van der Waals surface area contributed by atoms with Gasteiger partial charge in [0.15, 0.2) is 0 Å². The zero-order chi connectivity index (χ0) is 21.2. The number of hydrogen-bond acceptors (Lipinski definition) is 7. The molecule has 0 bridgehead atoms. The predicted octanol–water partition coefficient (Wildman–Crippen LogP) is 3.23. The zero-order valence-corrected chi connectivity index (χ0v) is 19.1. The first kappa shape index (κ1) is 26.8. The van der Waals surface area contributed by atoms with E-state index in [0.29, 0.717) is 24.4 Å². The SMILES string of the molecule is COC1CCCCC1.COC1CCCOC1.COC1CCOC1.COC1COC1. The van der Waals surface area contributed by atoms with Gasteiger partial charge in [0.05, 0.1) is 44.7 Å². The molecule has 2 atom stereocenters. The second kappa shape index (κ2) is 18.5. The van der Waals surface area contributed by atoms with Crippen LogP contribution in [0.3, 0.4) is 0 Å². The smallest absolute Gasteiger partial charge is 0.104 e. The molecule has 7 nitrogen and oxygen atoms in total. The standard InChI is InChI=1S/C7H14O.C6H12O2.C5H10O2.C4H8O2/c1-8-7-5-3-2-4-6-7;1-7-6-3-2-4-8-5-6;1-6-5-2-3-7-4-5;1-5-4-2-6-3-4/h7H,2-6H2,1H3;6H,2-5H2,1H3;5H,2-4H2,1H3;4H,2-3H2,1H3. The van der Waals surface area contributed by atoms with Crippen molar-refractivity contribution in [1.82, 2.24) is 0 Å². The summed E-state index contributed by atoms with van der Waals surface area (Å²) >= 11 is 0. The highest BCUT2D eigenvalue weighted by atomic mass is 16.6. The van der Waals surface area contributed by atoms with Crippen molar-refractivity contribution in [2.24, 2.45) is 0 Å². The summed E-state index contributed by atoms with van der Waals surface area (Å²) in [6.45, 7) is 4.94. The molecule has 2 unspecified atom stereocenters. The highest BCUT2D eigenvalue weighted by Crippen LogP contribution is 2.19. The van der Waals surface area contributed by atoms with Crippen molar-refractivity contribution in [3.63, 3.8) is 0 Å². The van der Waals surface area contributed by atoms with Gasteiger partial charge in [0.1, 0.15) is 6.10 Å². The molecular formula is C22H44O7. The van der Waals surface area contributed by atoms with Crippen LogP contribution in [-0.2, 0) is 33.2 Å². The Balaban J connectivity index is 0.000000194. The van der Waals surface area contributed by atoms with E-state index in [9.17, 15) is 0 Å². The Hall–Kier alpha value is -0.280. The average Bonchev–Trinajstić information content (AvgIpc) is 3.30. The van der Waals surface area contributed by atoms with Crippen LogP contribution in [-0.4, -0.2) is 92.5 Å². The molecule has 0 aromatic carbocycles. The third-order valence-electron chi connectivity index (χ3n) is 5.50. The first-order chi connectivity index (χ1) is 14.2. The van der Waals surface area contributed by atoms with Gasteiger partial charge in [-0.3, -0.25) is 0 Å². The minimum absolute atomic E-state index is 0.365. The van der Waals surface area contributed by atoms with Crippen LogP contribution in [0.25, 0.3) is 0 Å². The van der Waals surface area contributed by atoms with Crippen molar-refractivity contribution in [3.05, 3.63) is 0 Å². The van der Waals surface area contributed by atoms with Crippen LogP contribution >= 0.6 is 0 Å². The lowest BCUT2D eigenvalue weighted by molar-refractivity contribution is -0.113. The minimum Gasteiger partial charge on any atom is -0.381 e. The van der Waals surface area contributed by atoms with Crippen LogP contribution in [0.2, 0.25) is 0 Å². The van der Waals surface area contributed by atoms with Gasteiger partial charge in [0.25, 0.3) is 0 Å². The molecular weight excluding hydrogens is 376 g/mol. The zero-order valence-electron chi connectivity index (χ0n) is 19.1. The maximum Gasteiger partial charge on any atom is 0.104 e. The van der Waals surface area contributed by atoms with Crippen molar-refractivity contribution < 1.29 is 33.2 Å². The fourth-order valence-corrected chi connectivity index (χ4v) is 3.25. The van der Waals surface area contributed by atoms with E-state index in [-0.39, 0.29) is 0 Å². The lowest BCUT2D eigenvalue weighted by Gasteiger charge is -2.23. The molecule has 1 saturated carbocycles. The Morgan fingerprint density at radius 2 is 0.931 bits per heavy atom. The molecule has 0 aromatic rings. The van der Waals surface area contributed by atoms with Gasteiger partial charge in [-0.2, -0.15) is 0 Å². The molecule has 3 saturated heterocycles. The molecule has 4 aliphatic rings. The van der Waals surface area contributed by atoms with E-state index in [1.807, 2.05) is 7.11 Å². The number of methoxy groups -OCH3 is 4. The Morgan fingerprint density at radius 1 is 0.448 bits per heavy atom. The molecule has 29 heavy (non-hydrogen) atoms. The van der Waals surface area contributed by atoms with Crippen LogP contribution in [0.4, 0.5) is 0 Å². The lowest BCUT2D eigenvalue weighted by atomic mass is 9.98.